The first-order valence-corrected chi connectivity index (χ1v) is 7.52. The van der Waals surface area contributed by atoms with Crippen molar-refractivity contribution < 1.29 is 9.84 Å². The maximum atomic E-state index is 9.44. The highest BCUT2D eigenvalue weighted by Gasteiger charge is 2.05. The molecule has 0 saturated carbocycles. The van der Waals surface area contributed by atoms with Gasteiger partial charge in [-0.2, -0.15) is 0 Å². The number of ether oxygens (including phenoxy) is 1. The number of benzene rings is 3. The fourth-order valence-electron chi connectivity index (χ4n) is 2.32. The van der Waals surface area contributed by atoms with Crippen LogP contribution in [0.3, 0.4) is 0 Å². The fourth-order valence-corrected chi connectivity index (χ4v) is 2.70. The summed E-state index contributed by atoms with van der Waals surface area (Å²) in [6.07, 6.45) is 0. The summed E-state index contributed by atoms with van der Waals surface area (Å²) < 4.78 is 6.98. The molecule has 0 amide bonds. The molecule has 0 aromatic heterocycles. The second-order valence-electron chi connectivity index (χ2n) is 5.02. The predicted octanol–water partition coefficient (Wildman–Crippen LogP) is 5.20. The Hall–Kier alpha value is -1.84. The van der Waals surface area contributed by atoms with Gasteiger partial charge in [0.05, 0.1) is 6.61 Å². The minimum absolute atomic E-state index is 0.0302. The molecule has 3 rings (SSSR count). The number of hydrogen-bond donors (Lipinski definition) is 1. The molecular weight excluding hydrogens is 328 g/mol. The van der Waals surface area contributed by atoms with Gasteiger partial charge in [-0.1, -0.05) is 45.8 Å². The summed E-state index contributed by atoms with van der Waals surface area (Å²) in [4.78, 5) is 0. The van der Waals surface area contributed by atoms with Crippen LogP contribution < -0.4 is 4.74 Å². The van der Waals surface area contributed by atoms with Gasteiger partial charge < -0.3 is 9.84 Å². The quantitative estimate of drug-likeness (QED) is 0.709. The Morgan fingerprint density at radius 1 is 0.952 bits per heavy atom. The molecule has 0 radical (unpaired) electrons. The smallest absolute Gasteiger partial charge is 0.132 e. The zero-order valence-corrected chi connectivity index (χ0v) is 13.2. The maximum Gasteiger partial charge on any atom is 0.132 e. The van der Waals surface area contributed by atoms with Crippen LogP contribution in [-0.4, -0.2) is 5.11 Å². The zero-order chi connectivity index (χ0) is 14.8. The largest absolute Gasteiger partial charge is 0.457 e. The third-order valence-corrected chi connectivity index (χ3v) is 3.88. The summed E-state index contributed by atoms with van der Waals surface area (Å²) in [5, 5.41) is 11.7. The van der Waals surface area contributed by atoms with Crippen molar-refractivity contribution >= 4 is 26.7 Å². The minimum Gasteiger partial charge on any atom is -0.457 e. The molecule has 21 heavy (non-hydrogen) atoms. The Labute approximate surface area is 132 Å². The molecule has 0 fully saturated rings. The third-order valence-electron chi connectivity index (χ3n) is 3.39. The lowest BCUT2D eigenvalue weighted by Gasteiger charge is -2.11. The molecule has 0 atom stereocenters. The molecular formula is C18H15BrO2. The topological polar surface area (TPSA) is 29.5 Å². The van der Waals surface area contributed by atoms with Crippen molar-refractivity contribution in [1.29, 1.82) is 0 Å². The Kier molecular flexibility index (Phi) is 3.95. The van der Waals surface area contributed by atoms with E-state index in [1.54, 1.807) is 0 Å². The van der Waals surface area contributed by atoms with Crippen LogP contribution in [0.4, 0.5) is 0 Å². The van der Waals surface area contributed by atoms with Crippen molar-refractivity contribution in [2.75, 3.05) is 0 Å². The summed E-state index contributed by atoms with van der Waals surface area (Å²) in [6.45, 7) is 1.97. The van der Waals surface area contributed by atoms with Gasteiger partial charge >= 0.3 is 0 Å². The highest BCUT2D eigenvalue weighted by molar-refractivity contribution is 9.10. The second kappa shape index (κ2) is 5.88. The van der Waals surface area contributed by atoms with Gasteiger partial charge in [-0.15, -0.1) is 0 Å². The fraction of sp³-hybridized carbons (Fsp3) is 0.111. The summed E-state index contributed by atoms with van der Waals surface area (Å²) in [6, 6.07) is 17.9. The van der Waals surface area contributed by atoms with Gasteiger partial charge in [-0.25, -0.2) is 0 Å². The van der Waals surface area contributed by atoms with Gasteiger partial charge in [0.2, 0.25) is 0 Å². The van der Waals surface area contributed by atoms with Gasteiger partial charge in [0, 0.05) is 10.0 Å². The molecule has 0 unspecified atom stereocenters. The van der Waals surface area contributed by atoms with E-state index in [2.05, 4.69) is 22.0 Å². The Morgan fingerprint density at radius 2 is 1.71 bits per heavy atom. The molecule has 0 heterocycles. The lowest BCUT2D eigenvalue weighted by atomic mass is 10.1. The van der Waals surface area contributed by atoms with Crippen LogP contribution in [0.25, 0.3) is 10.8 Å². The van der Waals surface area contributed by atoms with E-state index in [0.717, 1.165) is 32.1 Å². The first-order valence-electron chi connectivity index (χ1n) is 6.73. The normalized spacial score (nSPS) is 10.8. The van der Waals surface area contributed by atoms with Crippen molar-refractivity contribution in [2.24, 2.45) is 0 Å². The van der Waals surface area contributed by atoms with E-state index in [9.17, 15) is 5.11 Å². The number of aliphatic hydroxyl groups excluding tert-OH is 1. The molecule has 0 aliphatic carbocycles. The number of aliphatic hydroxyl groups is 1. The third kappa shape index (κ3) is 3.09. The predicted molar refractivity (Wildman–Crippen MR) is 88.8 cm³/mol. The first-order chi connectivity index (χ1) is 10.2. The van der Waals surface area contributed by atoms with Crippen LogP contribution in [0.2, 0.25) is 0 Å². The number of aryl methyl sites for hydroxylation is 1. The van der Waals surface area contributed by atoms with Crippen molar-refractivity contribution in [2.45, 2.75) is 13.5 Å². The van der Waals surface area contributed by atoms with Crippen molar-refractivity contribution in [1.82, 2.24) is 0 Å². The van der Waals surface area contributed by atoms with Crippen LogP contribution in [0, 0.1) is 6.92 Å². The van der Waals surface area contributed by atoms with E-state index < -0.39 is 0 Å². The van der Waals surface area contributed by atoms with Gasteiger partial charge in [0.15, 0.2) is 0 Å². The molecule has 1 N–H and O–H groups in total. The van der Waals surface area contributed by atoms with Crippen LogP contribution in [0.5, 0.6) is 11.5 Å². The number of hydrogen-bond acceptors (Lipinski definition) is 2. The van der Waals surface area contributed by atoms with E-state index >= 15 is 0 Å². The molecule has 106 valence electrons. The van der Waals surface area contributed by atoms with Crippen LogP contribution in [0.1, 0.15) is 11.1 Å². The summed E-state index contributed by atoms with van der Waals surface area (Å²) in [5.74, 6) is 1.46. The summed E-state index contributed by atoms with van der Waals surface area (Å²) in [5.41, 5.74) is 1.90. The van der Waals surface area contributed by atoms with E-state index in [1.807, 2.05) is 55.5 Å². The number of rotatable bonds is 3. The molecule has 2 nitrogen and oxygen atoms in total. The molecule has 0 bridgehead atoms. The first kappa shape index (κ1) is 14.1. The lowest BCUT2D eigenvalue weighted by Crippen LogP contribution is -1.92. The monoisotopic (exact) mass is 342 g/mol. The molecule has 3 aromatic rings. The average molecular weight is 343 g/mol. The molecule has 0 aliphatic rings. The highest BCUT2D eigenvalue weighted by Crippen LogP contribution is 2.29. The van der Waals surface area contributed by atoms with Gasteiger partial charge in [0.1, 0.15) is 11.5 Å². The Morgan fingerprint density at radius 3 is 2.52 bits per heavy atom. The van der Waals surface area contributed by atoms with Crippen LogP contribution >= 0.6 is 15.9 Å². The van der Waals surface area contributed by atoms with E-state index in [0.29, 0.717) is 5.75 Å². The van der Waals surface area contributed by atoms with E-state index in [1.165, 1.54) is 0 Å². The maximum absolute atomic E-state index is 9.44. The second-order valence-corrected chi connectivity index (χ2v) is 5.94. The number of halogens is 1. The Balaban J connectivity index is 1.96. The molecule has 0 aliphatic heterocycles. The zero-order valence-electron chi connectivity index (χ0n) is 11.6. The Bertz CT molecular complexity index is 796. The van der Waals surface area contributed by atoms with Crippen molar-refractivity contribution in [3.05, 3.63) is 70.2 Å². The van der Waals surface area contributed by atoms with Crippen molar-refractivity contribution in [3.63, 3.8) is 0 Å². The summed E-state index contributed by atoms with van der Waals surface area (Å²) >= 11 is 3.47. The van der Waals surface area contributed by atoms with E-state index in [-0.39, 0.29) is 6.61 Å². The average Bonchev–Trinajstić information content (AvgIpc) is 2.49. The molecule has 0 saturated heterocycles. The van der Waals surface area contributed by atoms with Crippen LogP contribution in [0.15, 0.2) is 59.1 Å². The van der Waals surface area contributed by atoms with Crippen LogP contribution in [-0.2, 0) is 6.61 Å². The highest BCUT2D eigenvalue weighted by atomic mass is 79.9. The molecule has 3 aromatic carbocycles. The SMILES string of the molecule is Cc1ccc(Oc2ccc3cc(Br)ccc3c2)c(CO)c1. The van der Waals surface area contributed by atoms with Gasteiger partial charge in [-0.05, 0) is 48.0 Å². The van der Waals surface area contributed by atoms with Gasteiger partial charge in [0.25, 0.3) is 0 Å². The standard InChI is InChI=1S/C18H15BrO2/c1-12-2-7-18(15(8-12)11-20)21-17-6-4-13-9-16(19)5-3-14(13)10-17/h2-10,20H,11H2,1H3. The van der Waals surface area contributed by atoms with Gasteiger partial charge in [-0.3, -0.25) is 0 Å². The van der Waals surface area contributed by atoms with E-state index in [4.69, 9.17) is 4.74 Å². The molecule has 0 spiro atoms. The van der Waals surface area contributed by atoms with Crippen molar-refractivity contribution in [3.8, 4) is 11.5 Å². The lowest BCUT2D eigenvalue weighted by molar-refractivity contribution is 0.276. The molecule has 3 heteroatoms. The minimum atomic E-state index is -0.0302. The summed E-state index contributed by atoms with van der Waals surface area (Å²) in [7, 11) is 0. The number of fused-ring (bicyclic) bond motifs is 1.